The van der Waals surface area contributed by atoms with Gasteiger partial charge in [-0.1, -0.05) is 84.9 Å². The fraction of sp³-hybridized carbons (Fsp3) is 0.143. The standard InChI is InChI=1S/C28H21NO2/c30-23-16-19(17-9-3-1-4-10-17)15-22-25(23)24(18-11-5-2-6-12-18)26-27(29-22)20-13-7-8-14-21(20)28(26)31/h1-14,19,24,29H,15-16H2/t19-,24+/m1/s1. The predicted octanol–water partition coefficient (Wildman–Crippen LogP) is 5.38. The van der Waals surface area contributed by atoms with Gasteiger partial charge in [0, 0.05) is 40.3 Å². The minimum atomic E-state index is -0.323. The van der Waals surface area contributed by atoms with Crippen molar-refractivity contribution in [2.24, 2.45) is 0 Å². The molecule has 0 aromatic heterocycles. The molecule has 3 aromatic rings. The van der Waals surface area contributed by atoms with E-state index < -0.39 is 0 Å². The maximum absolute atomic E-state index is 13.5. The van der Waals surface area contributed by atoms with Crippen molar-refractivity contribution < 1.29 is 9.59 Å². The third kappa shape index (κ3) is 2.73. The van der Waals surface area contributed by atoms with Crippen molar-refractivity contribution in [2.45, 2.75) is 24.7 Å². The number of hydrogen-bond acceptors (Lipinski definition) is 3. The summed E-state index contributed by atoms with van der Waals surface area (Å²) >= 11 is 0. The predicted molar refractivity (Wildman–Crippen MR) is 120 cm³/mol. The third-order valence-corrected chi connectivity index (χ3v) is 6.72. The second-order valence-corrected chi connectivity index (χ2v) is 8.46. The quantitative estimate of drug-likeness (QED) is 0.625. The minimum absolute atomic E-state index is 0.0245. The van der Waals surface area contributed by atoms with E-state index in [9.17, 15) is 9.59 Å². The average Bonchev–Trinajstić information content (AvgIpc) is 3.11. The molecule has 3 nitrogen and oxygen atoms in total. The fourth-order valence-corrected chi connectivity index (χ4v) is 5.33. The van der Waals surface area contributed by atoms with E-state index in [1.807, 2.05) is 72.8 Å². The number of dihydropyridines is 1. The summed E-state index contributed by atoms with van der Waals surface area (Å²) in [5.74, 6) is -0.0225. The number of carbonyl (C=O) groups is 2. The van der Waals surface area contributed by atoms with Gasteiger partial charge in [0.1, 0.15) is 0 Å². The first-order chi connectivity index (χ1) is 15.2. The molecule has 0 saturated heterocycles. The van der Waals surface area contributed by atoms with Crippen molar-refractivity contribution >= 4 is 17.3 Å². The summed E-state index contributed by atoms with van der Waals surface area (Å²) in [6.45, 7) is 0. The zero-order valence-electron chi connectivity index (χ0n) is 17.0. The first kappa shape index (κ1) is 18.1. The molecule has 0 saturated carbocycles. The molecule has 1 heterocycles. The molecule has 3 aromatic carbocycles. The van der Waals surface area contributed by atoms with Crippen LogP contribution in [0.3, 0.4) is 0 Å². The lowest BCUT2D eigenvalue weighted by Crippen LogP contribution is -2.33. The Labute approximate surface area is 181 Å². The molecule has 1 aliphatic heterocycles. The van der Waals surface area contributed by atoms with Gasteiger partial charge in [-0.2, -0.15) is 0 Å². The molecule has 2 atom stereocenters. The Morgan fingerprint density at radius 3 is 1.97 bits per heavy atom. The molecule has 0 bridgehead atoms. The van der Waals surface area contributed by atoms with Crippen molar-refractivity contribution in [3.63, 3.8) is 0 Å². The van der Waals surface area contributed by atoms with Crippen LogP contribution in [-0.4, -0.2) is 11.6 Å². The Hall–Kier alpha value is -3.72. The van der Waals surface area contributed by atoms with Crippen LogP contribution in [-0.2, 0) is 4.79 Å². The van der Waals surface area contributed by atoms with E-state index in [0.29, 0.717) is 17.6 Å². The lowest BCUT2D eigenvalue weighted by molar-refractivity contribution is -0.116. The fourth-order valence-electron chi connectivity index (χ4n) is 5.33. The summed E-state index contributed by atoms with van der Waals surface area (Å²) in [4.78, 5) is 27.0. The number of rotatable bonds is 2. The molecule has 0 spiro atoms. The highest BCUT2D eigenvalue weighted by Crippen LogP contribution is 2.50. The van der Waals surface area contributed by atoms with Crippen molar-refractivity contribution in [1.29, 1.82) is 0 Å². The molecule has 6 rings (SSSR count). The van der Waals surface area contributed by atoms with Crippen LogP contribution in [0.4, 0.5) is 0 Å². The molecule has 3 aliphatic rings. The Balaban J connectivity index is 1.52. The molecule has 0 unspecified atom stereocenters. The van der Waals surface area contributed by atoms with E-state index in [-0.39, 0.29) is 23.4 Å². The number of carbonyl (C=O) groups excluding carboxylic acids is 2. The van der Waals surface area contributed by atoms with Gasteiger partial charge in [0.15, 0.2) is 11.6 Å². The number of ketones is 2. The van der Waals surface area contributed by atoms with E-state index in [2.05, 4.69) is 17.4 Å². The lowest BCUT2D eigenvalue weighted by atomic mass is 9.71. The molecular weight excluding hydrogens is 382 g/mol. The van der Waals surface area contributed by atoms with E-state index >= 15 is 0 Å². The highest BCUT2D eigenvalue weighted by atomic mass is 16.1. The first-order valence-corrected chi connectivity index (χ1v) is 10.7. The Morgan fingerprint density at radius 2 is 1.26 bits per heavy atom. The number of fused-ring (bicyclic) bond motifs is 2. The van der Waals surface area contributed by atoms with Gasteiger partial charge in [0.2, 0.25) is 0 Å². The van der Waals surface area contributed by atoms with E-state index in [0.717, 1.165) is 34.5 Å². The second kappa shape index (κ2) is 6.92. The van der Waals surface area contributed by atoms with Crippen molar-refractivity contribution in [3.05, 3.63) is 124 Å². The summed E-state index contributed by atoms with van der Waals surface area (Å²) in [5.41, 5.74) is 7.13. The third-order valence-electron chi connectivity index (χ3n) is 6.72. The van der Waals surface area contributed by atoms with Crippen molar-refractivity contribution in [1.82, 2.24) is 5.32 Å². The summed E-state index contributed by atoms with van der Waals surface area (Å²) in [6.07, 6.45) is 1.24. The molecular formula is C28H21NO2. The average molecular weight is 403 g/mol. The van der Waals surface area contributed by atoms with Gasteiger partial charge in [-0.25, -0.2) is 0 Å². The monoisotopic (exact) mass is 403 g/mol. The zero-order chi connectivity index (χ0) is 20.9. The molecule has 3 heteroatoms. The van der Waals surface area contributed by atoms with Crippen molar-refractivity contribution in [2.75, 3.05) is 0 Å². The normalized spacial score (nSPS) is 22.1. The van der Waals surface area contributed by atoms with Crippen LogP contribution < -0.4 is 5.32 Å². The first-order valence-electron chi connectivity index (χ1n) is 10.7. The number of benzene rings is 3. The maximum Gasteiger partial charge on any atom is 0.192 e. The van der Waals surface area contributed by atoms with Crippen LogP contribution in [0.5, 0.6) is 0 Å². The number of Topliss-reactive ketones (excluding diaryl/α,β-unsaturated/α-hetero) is 2. The maximum atomic E-state index is 13.5. The van der Waals surface area contributed by atoms with Gasteiger partial charge in [-0.05, 0) is 23.5 Å². The SMILES string of the molecule is O=C1C[C@H](c2ccccc2)CC2=C1[C@H](c1ccccc1)C1=C(N2)c2ccccc2C1=O. The van der Waals surface area contributed by atoms with Gasteiger partial charge in [-0.15, -0.1) is 0 Å². The molecule has 2 aliphatic carbocycles. The van der Waals surface area contributed by atoms with Gasteiger partial charge in [0.25, 0.3) is 0 Å². The lowest BCUT2D eigenvalue weighted by Gasteiger charge is -2.36. The summed E-state index contributed by atoms with van der Waals surface area (Å²) in [6, 6.07) is 28.0. The minimum Gasteiger partial charge on any atom is -0.358 e. The van der Waals surface area contributed by atoms with Crippen LogP contribution in [0.15, 0.2) is 102 Å². The largest absolute Gasteiger partial charge is 0.358 e. The molecule has 0 radical (unpaired) electrons. The smallest absolute Gasteiger partial charge is 0.192 e. The highest BCUT2D eigenvalue weighted by molar-refractivity contribution is 6.23. The van der Waals surface area contributed by atoms with E-state index in [1.54, 1.807) is 0 Å². The van der Waals surface area contributed by atoms with Crippen LogP contribution >= 0.6 is 0 Å². The number of hydrogen-bond donors (Lipinski definition) is 1. The van der Waals surface area contributed by atoms with Gasteiger partial charge in [0.05, 0.1) is 5.70 Å². The highest BCUT2D eigenvalue weighted by Gasteiger charge is 2.45. The molecule has 0 amide bonds. The number of allylic oxidation sites excluding steroid dienone is 3. The van der Waals surface area contributed by atoms with Gasteiger partial charge < -0.3 is 5.32 Å². The van der Waals surface area contributed by atoms with Crippen molar-refractivity contribution in [3.8, 4) is 0 Å². The van der Waals surface area contributed by atoms with Gasteiger partial charge in [-0.3, -0.25) is 9.59 Å². The summed E-state index contributed by atoms with van der Waals surface area (Å²) in [7, 11) is 0. The molecule has 31 heavy (non-hydrogen) atoms. The second-order valence-electron chi connectivity index (χ2n) is 8.46. The Morgan fingerprint density at radius 1 is 0.645 bits per heavy atom. The van der Waals surface area contributed by atoms with Crippen LogP contribution in [0, 0.1) is 0 Å². The van der Waals surface area contributed by atoms with Crippen LogP contribution in [0.1, 0.15) is 51.7 Å². The van der Waals surface area contributed by atoms with E-state index in [4.69, 9.17) is 0 Å². The zero-order valence-corrected chi connectivity index (χ0v) is 17.0. The van der Waals surface area contributed by atoms with Crippen LogP contribution in [0.2, 0.25) is 0 Å². The van der Waals surface area contributed by atoms with Gasteiger partial charge >= 0.3 is 0 Å². The molecule has 1 N–H and O–H groups in total. The Bertz CT molecular complexity index is 1280. The number of nitrogens with one attached hydrogen (secondary N) is 1. The summed E-state index contributed by atoms with van der Waals surface area (Å²) < 4.78 is 0. The molecule has 0 fully saturated rings. The molecule has 150 valence electrons. The summed E-state index contributed by atoms with van der Waals surface area (Å²) in [5, 5.41) is 3.55. The van der Waals surface area contributed by atoms with Crippen LogP contribution in [0.25, 0.3) is 5.70 Å². The topological polar surface area (TPSA) is 46.2 Å². The van der Waals surface area contributed by atoms with E-state index in [1.165, 1.54) is 5.56 Å². The Kier molecular flexibility index (Phi) is 4.03.